The molecule has 2 amide bonds. The fourth-order valence-corrected chi connectivity index (χ4v) is 4.54. The van der Waals surface area contributed by atoms with Crippen LogP contribution in [-0.4, -0.2) is 91.3 Å². The highest BCUT2D eigenvalue weighted by atomic mass is 35.5. The Kier molecular flexibility index (Phi) is 16.1. The summed E-state index contributed by atoms with van der Waals surface area (Å²) in [5.41, 5.74) is 1.14. The van der Waals surface area contributed by atoms with Crippen molar-refractivity contribution in [3.05, 3.63) is 77.3 Å². The van der Waals surface area contributed by atoms with E-state index in [1.54, 1.807) is 49.7 Å². The van der Waals surface area contributed by atoms with Gasteiger partial charge in [0.1, 0.15) is 18.5 Å². The van der Waals surface area contributed by atoms with E-state index in [2.05, 4.69) is 22.0 Å². The minimum absolute atomic E-state index is 0.0729. The number of urea groups is 1. The second-order valence-electron chi connectivity index (χ2n) is 9.18. The highest BCUT2D eigenvalue weighted by Crippen LogP contribution is 2.22. The molecule has 0 aliphatic carbocycles. The number of benzene rings is 2. The van der Waals surface area contributed by atoms with Gasteiger partial charge in [-0.25, -0.2) is 9.78 Å². The number of anilines is 1. The predicted molar refractivity (Wildman–Crippen MR) is 171 cm³/mol. The van der Waals surface area contributed by atoms with Gasteiger partial charge in [0.15, 0.2) is 6.29 Å². The van der Waals surface area contributed by atoms with Gasteiger partial charge in [0, 0.05) is 68.4 Å². The maximum absolute atomic E-state index is 12.1. The molecule has 0 radical (unpaired) electrons. The van der Waals surface area contributed by atoms with E-state index in [0.29, 0.717) is 29.8 Å². The van der Waals surface area contributed by atoms with Gasteiger partial charge in [-0.2, -0.15) is 0 Å². The molecule has 2 aliphatic rings. The molecule has 2 unspecified atom stereocenters. The lowest BCUT2D eigenvalue weighted by Crippen LogP contribution is -2.51. The van der Waals surface area contributed by atoms with Gasteiger partial charge in [-0.1, -0.05) is 57.0 Å². The van der Waals surface area contributed by atoms with Gasteiger partial charge in [-0.3, -0.25) is 0 Å². The molecule has 2 fully saturated rings. The fraction of sp³-hybridized carbons (Fsp3) is 0.484. The van der Waals surface area contributed by atoms with E-state index in [9.17, 15) is 4.79 Å². The van der Waals surface area contributed by atoms with Gasteiger partial charge in [-0.05, 0) is 42.5 Å². The number of imidazole rings is 1. The van der Waals surface area contributed by atoms with E-state index in [4.69, 9.17) is 37.4 Å². The second kappa shape index (κ2) is 19.3. The maximum atomic E-state index is 12.1. The number of rotatable bonds is 6. The number of nitrogens with zero attached hydrogens (tertiary/aromatic N) is 5. The summed E-state index contributed by atoms with van der Waals surface area (Å²) in [5.74, 6) is 0.807. The highest BCUT2D eigenvalue weighted by molar-refractivity contribution is 6.34. The minimum atomic E-state index is -0.270. The summed E-state index contributed by atoms with van der Waals surface area (Å²) in [5, 5.41) is 1.36. The monoisotopic (exact) mass is 621 g/mol. The van der Waals surface area contributed by atoms with Crippen LogP contribution in [0.4, 0.5) is 10.5 Å². The molecule has 2 aromatic carbocycles. The van der Waals surface area contributed by atoms with E-state index in [-0.39, 0.29) is 18.4 Å². The number of piperazine rings is 1. The molecule has 0 spiro atoms. The third-order valence-corrected chi connectivity index (χ3v) is 6.56. The number of ether oxygens (including phenoxy) is 3. The summed E-state index contributed by atoms with van der Waals surface area (Å²) in [7, 11) is 3.58. The van der Waals surface area contributed by atoms with Crippen molar-refractivity contribution in [3.63, 3.8) is 0 Å². The van der Waals surface area contributed by atoms with Gasteiger partial charge >= 0.3 is 6.03 Å². The fourth-order valence-electron chi connectivity index (χ4n) is 4.10. The SMILES string of the molecule is CC.CC.CN(C)C(=O)N1CCN(c2ccc(OCC3COC(Cn4ccnc4)O3)cc2)CC1.Clc1cccc(Cl)c1. The first-order chi connectivity index (χ1) is 20.4. The lowest BCUT2D eigenvalue weighted by Gasteiger charge is -2.37. The third-order valence-electron chi connectivity index (χ3n) is 6.09. The molecule has 5 rings (SSSR count). The Morgan fingerprint density at radius 2 is 1.64 bits per heavy atom. The molecule has 0 bridgehead atoms. The molecule has 232 valence electrons. The van der Waals surface area contributed by atoms with Gasteiger partial charge < -0.3 is 33.5 Å². The summed E-state index contributed by atoms with van der Waals surface area (Å²) >= 11 is 11.1. The molecule has 2 saturated heterocycles. The molecule has 42 heavy (non-hydrogen) atoms. The van der Waals surface area contributed by atoms with E-state index in [1.165, 1.54) is 0 Å². The number of aromatic nitrogens is 2. The number of amides is 2. The van der Waals surface area contributed by atoms with Crippen molar-refractivity contribution < 1.29 is 19.0 Å². The number of hydrogen-bond acceptors (Lipinski definition) is 6. The van der Waals surface area contributed by atoms with Crippen LogP contribution in [0.1, 0.15) is 27.7 Å². The lowest BCUT2D eigenvalue weighted by atomic mass is 10.2. The van der Waals surface area contributed by atoms with Gasteiger partial charge in [0.05, 0.1) is 19.5 Å². The largest absolute Gasteiger partial charge is 0.491 e. The van der Waals surface area contributed by atoms with Crippen LogP contribution >= 0.6 is 23.2 Å². The molecular formula is C31H45Cl2N5O4. The summed E-state index contributed by atoms with van der Waals surface area (Å²) in [6.07, 6.45) is 5.02. The third kappa shape index (κ3) is 11.7. The van der Waals surface area contributed by atoms with Crippen LogP contribution in [-0.2, 0) is 16.0 Å². The standard InChI is InChI=1S/C21H29N5O4.C6H4Cl2.2C2H6/c1-23(2)21(27)26-11-9-25(10-12-26)17-3-5-18(6-4-17)28-14-19-15-29-20(30-19)13-24-8-7-22-16-24;7-5-2-1-3-6(8)4-5;2*1-2/h3-8,16,19-20H,9-15H2,1-2H3;1-4H;2*1-2H3. The van der Waals surface area contributed by atoms with Crippen molar-refractivity contribution in [2.24, 2.45) is 0 Å². The predicted octanol–water partition coefficient (Wildman–Crippen LogP) is 6.55. The molecule has 2 atom stereocenters. The average molecular weight is 623 g/mol. The number of hydrogen-bond donors (Lipinski definition) is 0. The Labute approximate surface area is 260 Å². The Morgan fingerprint density at radius 1 is 1.00 bits per heavy atom. The van der Waals surface area contributed by atoms with Crippen molar-refractivity contribution in [2.45, 2.75) is 46.6 Å². The van der Waals surface area contributed by atoms with Crippen LogP contribution in [0, 0.1) is 0 Å². The van der Waals surface area contributed by atoms with Gasteiger partial charge in [-0.15, -0.1) is 0 Å². The number of halogens is 2. The van der Waals surface area contributed by atoms with Crippen molar-refractivity contribution in [2.75, 3.05) is 58.4 Å². The van der Waals surface area contributed by atoms with Crippen LogP contribution in [0.15, 0.2) is 67.3 Å². The lowest BCUT2D eigenvalue weighted by molar-refractivity contribution is -0.0726. The zero-order valence-electron chi connectivity index (χ0n) is 25.6. The van der Waals surface area contributed by atoms with Gasteiger partial charge in [0.25, 0.3) is 0 Å². The summed E-state index contributed by atoms with van der Waals surface area (Å²) in [6.45, 7) is 12.7. The molecule has 11 heteroatoms. The van der Waals surface area contributed by atoms with Crippen LogP contribution in [0.3, 0.4) is 0 Å². The zero-order valence-corrected chi connectivity index (χ0v) is 27.1. The molecule has 9 nitrogen and oxygen atoms in total. The van der Waals surface area contributed by atoms with Crippen LogP contribution in [0.25, 0.3) is 0 Å². The Morgan fingerprint density at radius 3 is 2.17 bits per heavy atom. The zero-order chi connectivity index (χ0) is 30.9. The van der Waals surface area contributed by atoms with E-state index >= 15 is 0 Å². The Hall–Kier alpha value is -2.98. The van der Waals surface area contributed by atoms with Crippen molar-refractivity contribution >= 4 is 34.9 Å². The molecule has 0 N–H and O–H groups in total. The van der Waals surface area contributed by atoms with Crippen molar-refractivity contribution in [1.82, 2.24) is 19.4 Å². The molecule has 3 aromatic rings. The molecular weight excluding hydrogens is 577 g/mol. The normalized spacial score (nSPS) is 17.5. The first-order valence-corrected chi connectivity index (χ1v) is 15.2. The second-order valence-corrected chi connectivity index (χ2v) is 10.0. The maximum Gasteiger partial charge on any atom is 0.319 e. The molecule has 2 aliphatic heterocycles. The topological polar surface area (TPSA) is 72.3 Å². The van der Waals surface area contributed by atoms with Crippen LogP contribution in [0.5, 0.6) is 5.75 Å². The van der Waals surface area contributed by atoms with E-state index < -0.39 is 0 Å². The average Bonchev–Trinajstić information content (AvgIpc) is 3.71. The summed E-state index contributed by atoms with van der Waals surface area (Å²) in [4.78, 5) is 21.9. The molecule has 1 aromatic heterocycles. The first kappa shape index (κ1) is 35.2. The number of carbonyl (C=O) groups excluding carboxylic acids is 1. The van der Waals surface area contributed by atoms with Crippen molar-refractivity contribution in [1.29, 1.82) is 0 Å². The summed E-state index contributed by atoms with van der Waals surface area (Å²) < 4.78 is 19.4. The molecule has 0 saturated carbocycles. The van der Waals surface area contributed by atoms with Crippen LogP contribution in [0.2, 0.25) is 10.0 Å². The van der Waals surface area contributed by atoms with E-state index in [1.807, 2.05) is 61.6 Å². The van der Waals surface area contributed by atoms with Crippen molar-refractivity contribution in [3.8, 4) is 5.75 Å². The smallest absolute Gasteiger partial charge is 0.319 e. The number of carbonyl (C=O) groups is 1. The summed E-state index contributed by atoms with van der Waals surface area (Å²) in [6, 6.07) is 15.2. The highest BCUT2D eigenvalue weighted by Gasteiger charge is 2.27. The first-order valence-electron chi connectivity index (χ1n) is 14.5. The van der Waals surface area contributed by atoms with Crippen LogP contribution < -0.4 is 9.64 Å². The van der Waals surface area contributed by atoms with Gasteiger partial charge in [0.2, 0.25) is 0 Å². The Balaban J connectivity index is 0.000000435. The quantitative estimate of drug-likeness (QED) is 0.311. The molecule has 3 heterocycles. The minimum Gasteiger partial charge on any atom is -0.491 e. The Bertz CT molecular complexity index is 1120. The van der Waals surface area contributed by atoms with E-state index in [0.717, 1.165) is 37.6 Å².